The van der Waals surface area contributed by atoms with E-state index in [-0.39, 0.29) is 29.2 Å². The normalized spacial score (nSPS) is 11.0. The molecule has 2 aromatic carbocycles. The van der Waals surface area contributed by atoms with E-state index in [4.69, 9.17) is 19.5 Å². The van der Waals surface area contributed by atoms with E-state index in [9.17, 15) is 9.59 Å². The van der Waals surface area contributed by atoms with Gasteiger partial charge in [-0.25, -0.2) is 4.79 Å². The Bertz CT molecular complexity index is 870. The molecule has 7 heteroatoms. The van der Waals surface area contributed by atoms with Crippen LogP contribution in [0, 0.1) is 11.3 Å². The number of nitriles is 1. The van der Waals surface area contributed by atoms with Crippen molar-refractivity contribution >= 4 is 17.6 Å². The van der Waals surface area contributed by atoms with E-state index in [1.54, 1.807) is 30.3 Å². The lowest BCUT2D eigenvalue weighted by Gasteiger charge is -2.23. The smallest absolute Gasteiger partial charge is 0.338 e. The Morgan fingerprint density at radius 3 is 2.54 bits per heavy atom. The number of rotatable bonds is 3. The summed E-state index contributed by atoms with van der Waals surface area (Å²) >= 11 is 0. The Labute approximate surface area is 137 Å². The predicted octanol–water partition coefficient (Wildman–Crippen LogP) is 3.22. The number of para-hydroxylation sites is 2. The molecule has 0 aromatic heterocycles. The first-order valence-corrected chi connectivity index (χ1v) is 7.00. The quantitative estimate of drug-likeness (QED) is 0.743. The molecule has 0 bridgehead atoms. The fourth-order valence-corrected chi connectivity index (χ4v) is 2.23. The zero-order valence-corrected chi connectivity index (χ0v) is 12.7. The Morgan fingerprint density at radius 1 is 1.17 bits per heavy atom. The van der Waals surface area contributed by atoms with Gasteiger partial charge in [0, 0.05) is 0 Å². The van der Waals surface area contributed by atoms with E-state index in [0.29, 0.717) is 11.5 Å². The van der Waals surface area contributed by atoms with Gasteiger partial charge in [0.25, 0.3) is 0 Å². The number of hydrogen-bond acceptors (Lipinski definition) is 6. The summed E-state index contributed by atoms with van der Waals surface area (Å²) in [6.45, 7) is 0. The largest absolute Gasteiger partial charge is 0.465 e. The number of carbonyl (C=O) groups is 2. The van der Waals surface area contributed by atoms with Gasteiger partial charge in [-0.3, -0.25) is 4.79 Å². The number of esters is 1. The first-order chi connectivity index (χ1) is 11.6. The van der Waals surface area contributed by atoms with Crippen LogP contribution in [0.5, 0.6) is 23.0 Å². The second kappa shape index (κ2) is 6.30. The number of carbonyl (C=O) groups excluding carboxylic acids is 2. The van der Waals surface area contributed by atoms with E-state index < -0.39 is 11.9 Å². The third-order valence-electron chi connectivity index (χ3n) is 3.27. The zero-order valence-electron chi connectivity index (χ0n) is 12.7. The molecule has 0 saturated carbocycles. The van der Waals surface area contributed by atoms with Crippen LogP contribution in [0.25, 0.3) is 0 Å². The Kier molecular flexibility index (Phi) is 4.03. The summed E-state index contributed by atoms with van der Waals surface area (Å²) in [4.78, 5) is 23.6. The number of anilines is 1. The van der Waals surface area contributed by atoms with Crippen LogP contribution in [0.2, 0.25) is 0 Å². The molecule has 1 N–H and O–H groups in total. The van der Waals surface area contributed by atoms with Crippen LogP contribution >= 0.6 is 0 Å². The molecule has 0 saturated heterocycles. The molecule has 24 heavy (non-hydrogen) atoms. The van der Waals surface area contributed by atoms with E-state index >= 15 is 0 Å². The van der Waals surface area contributed by atoms with Gasteiger partial charge in [0.15, 0.2) is 23.0 Å². The molecule has 1 aliphatic rings. The Morgan fingerprint density at radius 2 is 1.88 bits per heavy atom. The highest BCUT2D eigenvalue weighted by Crippen LogP contribution is 2.49. The van der Waals surface area contributed by atoms with Gasteiger partial charge in [-0.15, -0.1) is 0 Å². The van der Waals surface area contributed by atoms with E-state index in [2.05, 4.69) is 5.32 Å². The molecular formula is C17H12N2O5. The first-order valence-electron chi connectivity index (χ1n) is 7.00. The number of ether oxygens (including phenoxy) is 3. The van der Waals surface area contributed by atoms with Crippen molar-refractivity contribution in [1.82, 2.24) is 0 Å². The van der Waals surface area contributed by atoms with Gasteiger partial charge in [-0.05, 0) is 24.3 Å². The van der Waals surface area contributed by atoms with Crippen molar-refractivity contribution in [2.75, 3.05) is 12.4 Å². The van der Waals surface area contributed by atoms with Gasteiger partial charge in [0.2, 0.25) is 5.91 Å². The van der Waals surface area contributed by atoms with Crippen LogP contribution in [-0.2, 0) is 9.53 Å². The predicted molar refractivity (Wildman–Crippen MR) is 83.2 cm³/mol. The topological polar surface area (TPSA) is 97.7 Å². The second-order valence-corrected chi connectivity index (χ2v) is 4.88. The van der Waals surface area contributed by atoms with Crippen molar-refractivity contribution in [2.45, 2.75) is 6.42 Å². The number of benzene rings is 2. The first kappa shape index (κ1) is 15.4. The van der Waals surface area contributed by atoms with E-state index in [0.717, 1.165) is 0 Å². The fourth-order valence-electron chi connectivity index (χ4n) is 2.23. The van der Waals surface area contributed by atoms with Gasteiger partial charge >= 0.3 is 5.97 Å². The van der Waals surface area contributed by atoms with Crippen LogP contribution in [0.3, 0.4) is 0 Å². The summed E-state index contributed by atoms with van der Waals surface area (Å²) in [5.74, 6) is 0.379. The fraction of sp³-hybridized carbons (Fsp3) is 0.118. The molecule has 3 rings (SSSR count). The molecule has 1 amide bonds. The molecule has 0 fully saturated rings. The number of amides is 1. The number of fused-ring (bicyclic) bond motifs is 2. The molecule has 120 valence electrons. The molecule has 1 heterocycles. The number of hydrogen-bond donors (Lipinski definition) is 1. The van der Waals surface area contributed by atoms with Gasteiger partial charge in [0.1, 0.15) is 6.42 Å². The summed E-state index contributed by atoms with van der Waals surface area (Å²) in [5, 5.41) is 11.2. The lowest BCUT2D eigenvalue weighted by Crippen LogP contribution is -2.13. The van der Waals surface area contributed by atoms with Gasteiger partial charge in [-0.2, -0.15) is 5.26 Å². The van der Waals surface area contributed by atoms with Crippen molar-refractivity contribution in [3.63, 3.8) is 0 Å². The highest BCUT2D eigenvalue weighted by Gasteiger charge is 2.25. The highest BCUT2D eigenvalue weighted by atomic mass is 16.6. The van der Waals surface area contributed by atoms with E-state index in [1.807, 2.05) is 0 Å². The second-order valence-electron chi connectivity index (χ2n) is 4.88. The standard InChI is InChI=1S/C17H12N2O5/c1-22-17(21)10-8-11(19-15(20)6-7-18)16-14(9-10)23-12-4-2-3-5-13(12)24-16/h2-5,8-9H,6H2,1H3,(H,19,20). The molecule has 0 radical (unpaired) electrons. The molecule has 0 spiro atoms. The zero-order chi connectivity index (χ0) is 17.1. The molecule has 1 aliphatic heterocycles. The van der Waals surface area contributed by atoms with Crippen molar-refractivity contribution in [3.05, 3.63) is 42.0 Å². The molecule has 0 atom stereocenters. The average molecular weight is 324 g/mol. The van der Waals surface area contributed by atoms with Crippen molar-refractivity contribution in [2.24, 2.45) is 0 Å². The summed E-state index contributed by atoms with van der Waals surface area (Å²) in [5.41, 5.74) is 0.411. The van der Waals surface area contributed by atoms with Crippen LogP contribution in [-0.4, -0.2) is 19.0 Å². The monoisotopic (exact) mass is 324 g/mol. The average Bonchev–Trinajstić information content (AvgIpc) is 2.59. The maximum absolute atomic E-state index is 11.8. The minimum atomic E-state index is -0.587. The summed E-state index contributed by atoms with van der Waals surface area (Å²) in [6.07, 6.45) is -0.325. The number of nitrogens with zero attached hydrogens (tertiary/aromatic N) is 1. The third-order valence-corrected chi connectivity index (χ3v) is 3.27. The third kappa shape index (κ3) is 2.85. The number of methoxy groups -OCH3 is 1. The van der Waals surface area contributed by atoms with Gasteiger partial charge in [-0.1, -0.05) is 12.1 Å². The van der Waals surface area contributed by atoms with Crippen molar-refractivity contribution < 1.29 is 23.8 Å². The molecule has 0 unspecified atom stereocenters. The number of nitrogens with one attached hydrogen (secondary N) is 1. The van der Waals surface area contributed by atoms with Crippen molar-refractivity contribution in [1.29, 1.82) is 5.26 Å². The van der Waals surface area contributed by atoms with E-state index in [1.165, 1.54) is 19.2 Å². The molecule has 7 nitrogen and oxygen atoms in total. The van der Waals surface area contributed by atoms with Crippen LogP contribution in [0.1, 0.15) is 16.8 Å². The Hall–Kier alpha value is -3.53. The van der Waals surface area contributed by atoms with Crippen LogP contribution in [0.4, 0.5) is 5.69 Å². The summed E-state index contributed by atoms with van der Waals surface area (Å²) in [6, 6.07) is 11.6. The molecule has 2 aromatic rings. The van der Waals surface area contributed by atoms with Crippen LogP contribution < -0.4 is 14.8 Å². The minimum Gasteiger partial charge on any atom is -0.465 e. The maximum Gasteiger partial charge on any atom is 0.338 e. The maximum atomic E-state index is 11.8. The lowest BCUT2D eigenvalue weighted by molar-refractivity contribution is -0.115. The highest BCUT2D eigenvalue weighted by molar-refractivity contribution is 5.98. The minimum absolute atomic E-state index is 0.187. The van der Waals surface area contributed by atoms with Crippen molar-refractivity contribution in [3.8, 4) is 29.1 Å². The van der Waals surface area contributed by atoms with Gasteiger partial charge in [0.05, 0.1) is 24.4 Å². The summed E-state index contributed by atoms with van der Waals surface area (Å²) in [7, 11) is 1.25. The molecular weight excluding hydrogens is 312 g/mol. The molecule has 0 aliphatic carbocycles. The summed E-state index contributed by atoms with van der Waals surface area (Å²) < 4.78 is 16.2. The lowest BCUT2D eigenvalue weighted by atomic mass is 10.1. The SMILES string of the molecule is COC(=O)c1cc(NC(=O)CC#N)c2c(c1)Oc1ccccc1O2. The van der Waals surface area contributed by atoms with Gasteiger partial charge < -0.3 is 19.5 Å². The Balaban J connectivity index is 2.06. The van der Waals surface area contributed by atoms with Crippen LogP contribution in [0.15, 0.2) is 36.4 Å².